The van der Waals surface area contributed by atoms with Crippen LogP contribution in [-0.4, -0.2) is 66.9 Å². The highest BCUT2D eigenvalue weighted by molar-refractivity contribution is 6.01. The highest BCUT2D eigenvalue weighted by atomic mass is 19.1. The van der Waals surface area contributed by atoms with E-state index in [-0.39, 0.29) is 24.6 Å². The Balaban J connectivity index is 1.49. The summed E-state index contributed by atoms with van der Waals surface area (Å²) in [6.45, 7) is 2.42. The van der Waals surface area contributed by atoms with Crippen LogP contribution < -0.4 is 11.1 Å². The van der Waals surface area contributed by atoms with E-state index in [1.54, 1.807) is 17.1 Å². The van der Waals surface area contributed by atoms with Gasteiger partial charge in [0, 0.05) is 37.3 Å². The number of hydrogen-bond acceptors (Lipinski definition) is 7. The van der Waals surface area contributed by atoms with Crippen LogP contribution in [0.3, 0.4) is 0 Å². The molecule has 12 heteroatoms. The zero-order valence-corrected chi connectivity index (χ0v) is 18.6. The number of aromatic nitrogens is 5. The van der Waals surface area contributed by atoms with Crippen molar-refractivity contribution in [2.75, 3.05) is 25.1 Å². The van der Waals surface area contributed by atoms with Crippen LogP contribution in [0.15, 0.2) is 24.8 Å². The van der Waals surface area contributed by atoms with Gasteiger partial charge in [0.2, 0.25) is 5.91 Å². The number of nitrogens with two attached hydrogens (primary N) is 1. The van der Waals surface area contributed by atoms with Crippen molar-refractivity contribution in [3.8, 4) is 17.3 Å². The number of carbonyl (C=O) groups is 2. The summed E-state index contributed by atoms with van der Waals surface area (Å²) < 4.78 is 17.2. The van der Waals surface area contributed by atoms with Gasteiger partial charge in [0.15, 0.2) is 5.65 Å². The van der Waals surface area contributed by atoms with Crippen molar-refractivity contribution in [1.29, 1.82) is 5.26 Å². The molecule has 1 aliphatic heterocycles. The average molecular weight is 465 g/mol. The molecule has 11 nitrogen and oxygen atoms in total. The Morgan fingerprint density at radius 3 is 2.71 bits per heavy atom. The van der Waals surface area contributed by atoms with Crippen molar-refractivity contribution in [2.24, 2.45) is 17.1 Å². The smallest absolute Gasteiger partial charge is 0.252 e. The summed E-state index contributed by atoms with van der Waals surface area (Å²) in [5.41, 5.74) is 6.82. The van der Waals surface area contributed by atoms with Crippen LogP contribution >= 0.6 is 0 Å². The summed E-state index contributed by atoms with van der Waals surface area (Å²) in [5, 5.41) is 21.1. The van der Waals surface area contributed by atoms with Gasteiger partial charge in [0.05, 0.1) is 54.3 Å². The normalized spacial score (nSPS) is 20.9. The first kappa shape index (κ1) is 21.8. The molecule has 2 aliphatic rings. The predicted octanol–water partition coefficient (Wildman–Crippen LogP) is 1.22. The fourth-order valence-electron chi connectivity index (χ4n) is 4.42. The Hall–Kier alpha value is -4.01. The maximum absolute atomic E-state index is 13.9. The predicted molar refractivity (Wildman–Crippen MR) is 119 cm³/mol. The zero-order valence-electron chi connectivity index (χ0n) is 18.6. The Kier molecular flexibility index (Phi) is 5.19. The van der Waals surface area contributed by atoms with Crippen LogP contribution in [0.5, 0.6) is 0 Å². The molecule has 2 amide bonds. The number of carbonyl (C=O) groups excluding carboxylic acids is 2. The summed E-state index contributed by atoms with van der Waals surface area (Å²) in [6, 6.07) is 1.61. The molecule has 2 fully saturated rings. The standard InChI is InChI=1S/C22H24FN9O2/c1-2-31-9-14(6-26-31)17-11-32-20(29-17)18(15(7-27-32)19(25)33)28-16-10-30(8-13(16)5-23)21(34)22(12-24)3-4-22/h6-7,9,11,13,16,28H,2-5,8,10H2,1H3,(H2,25,33)/t13-,16+/m1/s1. The second-order valence-corrected chi connectivity index (χ2v) is 8.85. The summed E-state index contributed by atoms with van der Waals surface area (Å²) in [4.78, 5) is 31.2. The van der Waals surface area contributed by atoms with Gasteiger partial charge in [0.1, 0.15) is 5.41 Å². The van der Waals surface area contributed by atoms with E-state index in [2.05, 4.69) is 26.6 Å². The lowest BCUT2D eigenvalue weighted by atomic mass is 10.0. The van der Waals surface area contributed by atoms with Gasteiger partial charge >= 0.3 is 0 Å². The van der Waals surface area contributed by atoms with Crippen molar-refractivity contribution >= 4 is 23.1 Å². The summed E-state index contributed by atoms with van der Waals surface area (Å²) in [5.74, 6) is -1.47. The Bertz CT molecular complexity index is 1320. The van der Waals surface area contributed by atoms with E-state index in [4.69, 9.17) is 5.73 Å². The maximum Gasteiger partial charge on any atom is 0.252 e. The van der Waals surface area contributed by atoms with E-state index in [0.29, 0.717) is 36.4 Å². The molecule has 176 valence electrons. The number of primary amides is 1. The van der Waals surface area contributed by atoms with Crippen LogP contribution in [0.4, 0.5) is 10.1 Å². The largest absolute Gasteiger partial charge is 0.376 e. The van der Waals surface area contributed by atoms with E-state index in [9.17, 15) is 19.2 Å². The first-order valence-corrected chi connectivity index (χ1v) is 11.1. The lowest BCUT2D eigenvalue weighted by Crippen LogP contribution is -2.36. The van der Waals surface area contributed by atoms with Gasteiger partial charge in [-0.05, 0) is 19.8 Å². The van der Waals surface area contributed by atoms with Crippen molar-refractivity contribution < 1.29 is 14.0 Å². The van der Waals surface area contributed by atoms with Crippen molar-refractivity contribution in [1.82, 2.24) is 29.3 Å². The summed E-state index contributed by atoms with van der Waals surface area (Å²) >= 11 is 0. The highest BCUT2D eigenvalue weighted by Gasteiger charge is 2.54. The topological polar surface area (TPSA) is 147 Å². The molecule has 4 heterocycles. The number of nitriles is 1. The van der Waals surface area contributed by atoms with Gasteiger partial charge in [-0.25, -0.2) is 9.50 Å². The minimum atomic E-state index is -0.973. The maximum atomic E-state index is 13.9. The molecule has 3 aromatic heterocycles. The number of likely N-dealkylation sites (tertiary alicyclic amines) is 1. The molecule has 5 rings (SSSR count). The third kappa shape index (κ3) is 3.53. The van der Waals surface area contributed by atoms with Crippen LogP contribution in [0.25, 0.3) is 16.9 Å². The molecule has 0 radical (unpaired) electrons. The van der Waals surface area contributed by atoms with Gasteiger partial charge in [-0.3, -0.25) is 18.7 Å². The highest BCUT2D eigenvalue weighted by Crippen LogP contribution is 2.47. The number of rotatable bonds is 7. The Morgan fingerprint density at radius 2 is 2.09 bits per heavy atom. The lowest BCUT2D eigenvalue weighted by molar-refractivity contribution is -0.134. The third-order valence-electron chi connectivity index (χ3n) is 6.64. The molecule has 0 bridgehead atoms. The third-order valence-corrected chi connectivity index (χ3v) is 6.64. The minimum Gasteiger partial charge on any atom is -0.376 e. The molecule has 0 unspecified atom stereocenters. The first-order chi connectivity index (χ1) is 16.4. The van der Waals surface area contributed by atoms with Crippen LogP contribution in [0, 0.1) is 22.7 Å². The van der Waals surface area contributed by atoms with Gasteiger partial charge < -0.3 is 16.0 Å². The second kappa shape index (κ2) is 8.09. The molecule has 3 aromatic rings. The molecule has 3 N–H and O–H groups in total. The van der Waals surface area contributed by atoms with Crippen molar-refractivity contribution in [3.63, 3.8) is 0 Å². The van der Waals surface area contributed by atoms with Crippen molar-refractivity contribution in [3.05, 3.63) is 30.4 Å². The van der Waals surface area contributed by atoms with E-state index in [1.165, 1.54) is 15.6 Å². The number of imidazole rings is 1. The zero-order chi connectivity index (χ0) is 24.0. The molecule has 1 saturated heterocycles. The molecule has 0 aromatic carbocycles. The Morgan fingerprint density at radius 1 is 1.29 bits per heavy atom. The monoisotopic (exact) mass is 465 g/mol. The van der Waals surface area contributed by atoms with E-state index < -0.39 is 30.0 Å². The molecule has 0 spiro atoms. The van der Waals surface area contributed by atoms with E-state index in [0.717, 1.165) is 5.56 Å². The number of aryl methyl sites for hydroxylation is 1. The first-order valence-electron chi connectivity index (χ1n) is 11.1. The molecule has 1 aliphatic carbocycles. The molecule has 34 heavy (non-hydrogen) atoms. The van der Waals surface area contributed by atoms with Gasteiger partial charge in [0.25, 0.3) is 5.91 Å². The number of anilines is 1. The minimum absolute atomic E-state index is 0.118. The number of hydrogen-bond donors (Lipinski definition) is 2. The number of alkyl halides is 1. The molecular formula is C22H24FN9O2. The van der Waals surface area contributed by atoms with E-state index in [1.807, 2.05) is 13.1 Å². The second-order valence-electron chi connectivity index (χ2n) is 8.85. The van der Waals surface area contributed by atoms with Crippen molar-refractivity contribution in [2.45, 2.75) is 32.4 Å². The fraction of sp³-hybridized carbons (Fsp3) is 0.455. The van der Waals surface area contributed by atoms with Gasteiger partial charge in [-0.1, -0.05) is 0 Å². The van der Waals surface area contributed by atoms with Gasteiger partial charge in [-0.15, -0.1) is 0 Å². The van der Waals surface area contributed by atoms with Crippen LogP contribution in [-0.2, 0) is 11.3 Å². The van der Waals surface area contributed by atoms with Gasteiger partial charge in [-0.2, -0.15) is 15.5 Å². The average Bonchev–Trinajstić information content (AvgIpc) is 3.18. The SMILES string of the molecule is CCn1cc(-c2cn3ncc(C(N)=O)c(N[C@H]4CN(C(=O)C5(C#N)CC5)C[C@H]4CF)c3n2)cn1. The molecule has 2 atom stereocenters. The number of amides is 2. The number of nitrogens with zero attached hydrogens (tertiary/aromatic N) is 7. The fourth-order valence-corrected chi connectivity index (χ4v) is 4.42. The number of halogens is 1. The summed E-state index contributed by atoms with van der Waals surface area (Å²) in [6.07, 6.45) is 7.65. The van der Waals surface area contributed by atoms with E-state index >= 15 is 0 Å². The lowest BCUT2D eigenvalue weighted by Gasteiger charge is -2.21. The molecular weight excluding hydrogens is 441 g/mol. The number of fused-ring (bicyclic) bond motifs is 1. The molecule has 1 saturated carbocycles. The van der Waals surface area contributed by atoms with Crippen LogP contribution in [0.1, 0.15) is 30.1 Å². The van der Waals surface area contributed by atoms with Crippen LogP contribution in [0.2, 0.25) is 0 Å². The quantitative estimate of drug-likeness (QED) is 0.533. The summed E-state index contributed by atoms with van der Waals surface area (Å²) in [7, 11) is 0. The Labute approximate surface area is 194 Å². The number of nitrogens with one attached hydrogen (secondary N) is 1.